The molecule has 1 heterocycles. The number of nitrogens with one attached hydrogen (secondary N) is 2. The van der Waals surface area contributed by atoms with Gasteiger partial charge in [-0.05, 0) is 57.6 Å². The molecule has 1 aliphatic rings. The van der Waals surface area contributed by atoms with Gasteiger partial charge in [0, 0.05) is 30.5 Å². The Morgan fingerprint density at radius 2 is 2.00 bits per heavy atom. The van der Waals surface area contributed by atoms with Crippen LogP contribution >= 0.6 is 0 Å². The van der Waals surface area contributed by atoms with Crippen molar-refractivity contribution < 1.29 is 4.74 Å². The summed E-state index contributed by atoms with van der Waals surface area (Å²) in [7, 11) is 4.11. The summed E-state index contributed by atoms with van der Waals surface area (Å²) in [6.45, 7) is 4.35. The molecule has 0 fully saturated rings. The number of rotatable bonds is 9. The number of hydrogen-bond acceptors (Lipinski definition) is 6. The fraction of sp³-hybridized carbons (Fsp3) is 0.318. The second-order valence-electron chi connectivity index (χ2n) is 6.76. The van der Waals surface area contributed by atoms with E-state index in [0.717, 1.165) is 47.9 Å². The lowest BCUT2D eigenvalue weighted by Gasteiger charge is -2.16. The van der Waals surface area contributed by atoms with Crippen molar-refractivity contribution in [2.45, 2.75) is 13.3 Å². The quantitative estimate of drug-likeness (QED) is 0.688. The van der Waals surface area contributed by atoms with E-state index in [2.05, 4.69) is 47.1 Å². The number of benzene rings is 1. The number of hydrogen-bond donors (Lipinski definition) is 2. The molecule has 3 rings (SSSR count). The molecular formula is C22H28N5O. The largest absolute Gasteiger partial charge is 0.494 e. The van der Waals surface area contributed by atoms with Gasteiger partial charge in [0.25, 0.3) is 0 Å². The minimum absolute atomic E-state index is 0.577. The van der Waals surface area contributed by atoms with Crippen LogP contribution in [0.2, 0.25) is 0 Å². The Balaban J connectivity index is 1.84. The third kappa shape index (κ3) is 5.57. The molecule has 28 heavy (non-hydrogen) atoms. The Labute approximate surface area is 167 Å². The van der Waals surface area contributed by atoms with Gasteiger partial charge in [-0.1, -0.05) is 24.3 Å². The van der Waals surface area contributed by atoms with Crippen LogP contribution in [0.5, 0.6) is 5.75 Å². The van der Waals surface area contributed by atoms with E-state index in [0.29, 0.717) is 12.6 Å². The third-order valence-corrected chi connectivity index (χ3v) is 4.24. The molecule has 147 valence electrons. The topological polar surface area (TPSA) is 62.3 Å². The van der Waals surface area contributed by atoms with Crippen LogP contribution in [0.25, 0.3) is 11.1 Å². The molecule has 0 aliphatic heterocycles. The number of anilines is 2. The zero-order chi connectivity index (χ0) is 19.8. The van der Waals surface area contributed by atoms with E-state index >= 15 is 0 Å². The maximum absolute atomic E-state index is 5.54. The smallest absolute Gasteiger partial charge is 0.229 e. The molecule has 2 N–H and O–H groups in total. The lowest BCUT2D eigenvalue weighted by atomic mass is 10.1. The van der Waals surface area contributed by atoms with Gasteiger partial charge in [0.05, 0.1) is 6.61 Å². The van der Waals surface area contributed by atoms with Crippen molar-refractivity contribution >= 4 is 11.8 Å². The van der Waals surface area contributed by atoms with E-state index in [9.17, 15) is 0 Å². The minimum atomic E-state index is 0.577. The van der Waals surface area contributed by atoms with Gasteiger partial charge in [-0.25, -0.2) is 4.98 Å². The number of nitrogens with zero attached hydrogens (tertiary/aromatic N) is 3. The zero-order valence-corrected chi connectivity index (χ0v) is 16.8. The van der Waals surface area contributed by atoms with Crippen molar-refractivity contribution in [3.05, 3.63) is 60.8 Å². The van der Waals surface area contributed by atoms with E-state index in [1.165, 1.54) is 0 Å². The van der Waals surface area contributed by atoms with Gasteiger partial charge in [-0.2, -0.15) is 4.98 Å². The number of likely N-dealkylation sites (N-methyl/N-ethyl adjacent to an activating group) is 1. The summed E-state index contributed by atoms with van der Waals surface area (Å²) in [5.74, 6) is 2.25. The highest BCUT2D eigenvalue weighted by molar-refractivity contribution is 5.75. The fourth-order valence-electron chi connectivity index (χ4n) is 2.82. The Hall–Kier alpha value is -2.86. The van der Waals surface area contributed by atoms with E-state index in [1.807, 2.05) is 49.5 Å². The monoisotopic (exact) mass is 378 g/mol. The molecule has 0 atom stereocenters. The molecule has 0 unspecified atom stereocenters. The molecule has 2 aromatic rings. The second kappa shape index (κ2) is 9.90. The molecule has 6 nitrogen and oxygen atoms in total. The van der Waals surface area contributed by atoms with Gasteiger partial charge in [0.1, 0.15) is 11.6 Å². The summed E-state index contributed by atoms with van der Waals surface area (Å²) in [5, 5.41) is 6.73. The SMILES string of the molecule is CCOc1ccc(-c2cnc(NC3=C[CH]CC=C3)nc2NCCN(C)C)cc1. The first-order valence-electron chi connectivity index (χ1n) is 9.61. The van der Waals surface area contributed by atoms with Gasteiger partial charge in [-0.3, -0.25) is 0 Å². The van der Waals surface area contributed by atoms with E-state index in [1.54, 1.807) is 0 Å². The number of allylic oxidation sites excluding steroid dienone is 3. The summed E-state index contributed by atoms with van der Waals surface area (Å²) < 4.78 is 5.54. The summed E-state index contributed by atoms with van der Waals surface area (Å²) >= 11 is 0. The predicted molar refractivity (Wildman–Crippen MR) is 115 cm³/mol. The molecule has 1 aromatic heterocycles. The standard InChI is InChI=1S/C22H28N5O/c1-4-28-19-12-10-17(11-13-19)20-16-24-22(25-18-8-6-5-7-9-18)26-21(20)23-14-15-27(2)3/h6-13,16H,4-5,14-15H2,1-3H3,(H2,23,24,25,26). The Morgan fingerprint density at radius 1 is 1.18 bits per heavy atom. The van der Waals surface area contributed by atoms with Crippen LogP contribution in [0.3, 0.4) is 0 Å². The summed E-state index contributed by atoms with van der Waals surface area (Å²) in [6.07, 6.45) is 11.1. The molecular weight excluding hydrogens is 350 g/mol. The van der Waals surface area contributed by atoms with Crippen LogP contribution in [-0.2, 0) is 0 Å². The van der Waals surface area contributed by atoms with Crippen LogP contribution in [0.1, 0.15) is 13.3 Å². The lowest BCUT2D eigenvalue weighted by molar-refractivity contribution is 0.340. The van der Waals surface area contributed by atoms with Gasteiger partial charge < -0.3 is 20.3 Å². The van der Waals surface area contributed by atoms with Crippen molar-refractivity contribution in [1.29, 1.82) is 0 Å². The molecule has 1 aliphatic carbocycles. The third-order valence-electron chi connectivity index (χ3n) is 4.24. The van der Waals surface area contributed by atoms with Gasteiger partial charge in [0.15, 0.2) is 0 Å². The highest BCUT2D eigenvalue weighted by Crippen LogP contribution is 2.28. The van der Waals surface area contributed by atoms with Gasteiger partial charge in [-0.15, -0.1) is 0 Å². The van der Waals surface area contributed by atoms with Crippen LogP contribution in [0, 0.1) is 6.42 Å². The van der Waals surface area contributed by atoms with Crippen LogP contribution in [-0.4, -0.2) is 48.7 Å². The van der Waals surface area contributed by atoms with Crippen LogP contribution in [0.4, 0.5) is 11.8 Å². The van der Waals surface area contributed by atoms with E-state index < -0.39 is 0 Å². The molecule has 0 saturated carbocycles. The molecule has 0 saturated heterocycles. The lowest BCUT2D eigenvalue weighted by Crippen LogP contribution is -2.21. The van der Waals surface area contributed by atoms with Gasteiger partial charge in [0.2, 0.25) is 5.95 Å². The summed E-state index contributed by atoms with van der Waals surface area (Å²) in [4.78, 5) is 11.4. The molecule has 1 radical (unpaired) electrons. The first-order chi connectivity index (χ1) is 13.7. The van der Waals surface area contributed by atoms with Gasteiger partial charge >= 0.3 is 0 Å². The maximum atomic E-state index is 5.54. The molecule has 6 heteroatoms. The van der Waals surface area contributed by atoms with Crippen LogP contribution in [0.15, 0.2) is 54.4 Å². The van der Waals surface area contributed by atoms with E-state index in [-0.39, 0.29) is 0 Å². The van der Waals surface area contributed by atoms with Crippen molar-refractivity contribution in [2.75, 3.05) is 44.4 Å². The predicted octanol–water partition coefficient (Wildman–Crippen LogP) is 3.98. The average molecular weight is 379 g/mol. The highest BCUT2D eigenvalue weighted by atomic mass is 16.5. The van der Waals surface area contributed by atoms with Crippen molar-refractivity contribution in [3.63, 3.8) is 0 Å². The normalized spacial score (nSPS) is 13.4. The van der Waals surface area contributed by atoms with Crippen LogP contribution < -0.4 is 15.4 Å². The number of aromatic nitrogens is 2. The Bertz CT molecular complexity index is 827. The molecule has 0 spiro atoms. The zero-order valence-electron chi connectivity index (χ0n) is 16.8. The van der Waals surface area contributed by atoms with E-state index in [4.69, 9.17) is 9.72 Å². The first kappa shape index (κ1) is 19.9. The highest BCUT2D eigenvalue weighted by Gasteiger charge is 2.11. The molecule has 0 bridgehead atoms. The molecule has 0 amide bonds. The van der Waals surface area contributed by atoms with Crippen molar-refractivity contribution in [3.8, 4) is 16.9 Å². The second-order valence-corrected chi connectivity index (χ2v) is 6.76. The summed E-state index contributed by atoms with van der Waals surface area (Å²) in [6, 6.07) is 8.02. The Kier molecular flexibility index (Phi) is 7.03. The molecule has 1 aromatic carbocycles. The number of ether oxygens (including phenoxy) is 1. The minimum Gasteiger partial charge on any atom is -0.494 e. The van der Waals surface area contributed by atoms with Crippen molar-refractivity contribution in [1.82, 2.24) is 14.9 Å². The average Bonchev–Trinajstić information content (AvgIpc) is 2.70. The summed E-state index contributed by atoms with van der Waals surface area (Å²) in [5.41, 5.74) is 3.00. The fourth-order valence-corrected chi connectivity index (χ4v) is 2.82. The Morgan fingerprint density at radius 3 is 2.68 bits per heavy atom. The first-order valence-corrected chi connectivity index (χ1v) is 9.61. The van der Waals surface area contributed by atoms with Crippen molar-refractivity contribution in [2.24, 2.45) is 0 Å². The maximum Gasteiger partial charge on any atom is 0.229 e.